The Labute approximate surface area is 126 Å². The van der Waals surface area contributed by atoms with Crippen LogP contribution in [0, 0.1) is 23.7 Å². The van der Waals surface area contributed by atoms with Gasteiger partial charge in [-0.3, -0.25) is 19.2 Å². The van der Waals surface area contributed by atoms with Gasteiger partial charge in [-0.2, -0.15) is 11.8 Å². The largest absolute Gasteiger partial charge is 0.481 e. The summed E-state index contributed by atoms with van der Waals surface area (Å²) in [6.07, 6.45) is 1.34. The molecule has 0 amide bonds. The molecule has 0 aromatic carbocycles. The van der Waals surface area contributed by atoms with E-state index in [1.807, 2.05) is 0 Å². The van der Waals surface area contributed by atoms with Crippen molar-refractivity contribution in [3.05, 3.63) is 0 Å². The third-order valence-corrected chi connectivity index (χ3v) is 5.62. The molecule has 0 saturated heterocycles. The van der Waals surface area contributed by atoms with Crippen LogP contribution in [0.4, 0.5) is 0 Å². The Balaban J connectivity index is 1.88. The summed E-state index contributed by atoms with van der Waals surface area (Å²) in [5, 5.41) is 18.2. The average Bonchev–Trinajstić information content (AvgIpc) is 2.95. The molecule has 6 nitrogen and oxygen atoms in total. The Bertz CT molecular complexity index is 432. The van der Waals surface area contributed by atoms with Crippen LogP contribution in [0.15, 0.2) is 0 Å². The van der Waals surface area contributed by atoms with E-state index in [1.54, 1.807) is 0 Å². The Morgan fingerprint density at radius 3 is 1.62 bits per heavy atom. The van der Waals surface area contributed by atoms with Crippen LogP contribution in [-0.2, 0) is 19.2 Å². The maximum atomic E-state index is 11.7. The quantitative estimate of drug-likeness (QED) is 0.755. The number of carboxylic acids is 2. The van der Waals surface area contributed by atoms with E-state index in [2.05, 4.69) is 0 Å². The predicted molar refractivity (Wildman–Crippen MR) is 75.0 cm³/mol. The van der Waals surface area contributed by atoms with Gasteiger partial charge in [-0.25, -0.2) is 0 Å². The van der Waals surface area contributed by atoms with Gasteiger partial charge in [0.2, 0.25) is 0 Å². The summed E-state index contributed by atoms with van der Waals surface area (Å²) in [5.41, 5.74) is 0. The SMILES string of the molecule is O=C(O)C1CCC(=O)C1CSCC1C(=O)CCC1C(=O)O. The van der Waals surface area contributed by atoms with E-state index in [4.69, 9.17) is 10.2 Å². The summed E-state index contributed by atoms with van der Waals surface area (Å²) >= 11 is 1.33. The van der Waals surface area contributed by atoms with Crippen LogP contribution >= 0.6 is 11.8 Å². The minimum absolute atomic E-state index is 0.0394. The van der Waals surface area contributed by atoms with E-state index in [-0.39, 0.29) is 11.6 Å². The van der Waals surface area contributed by atoms with Crippen molar-refractivity contribution in [3.8, 4) is 0 Å². The molecule has 0 aliphatic heterocycles. The number of carbonyl (C=O) groups is 4. The number of aliphatic carboxylic acids is 2. The fourth-order valence-electron chi connectivity index (χ4n) is 3.15. The Kier molecular flexibility index (Phi) is 5.03. The molecule has 2 fully saturated rings. The van der Waals surface area contributed by atoms with E-state index in [0.29, 0.717) is 37.2 Å². The lowest BCUT2D eigenvalue weighted by Crippen LogP contribution is -2.27. The van der Waals surface area contributed by atoms with E-state index in [0.717, 1.165) is 0 Å². The van der Waals surface area contributed by atoms with Gasteiger partial charge in [-0.1, -0.05) is 0 Å². The van der Waals surface area contributed by atoms with Gasteiger partial charge in [0.15, 0.2) is 0 Å². The standard InChI is InChI=1S/C14H18O6S/c15-11-3-1-7(13(17)18)9(11)5-21-6-10-8(14(19)20)2-4-12(10)16/h7-10H,1-6H2,(H,17,18)(H,19,20). The summed E-state index contributed by atoms with van der Waals surface area (Å²) in [4.78, 5) is 45.6. The Morgan fingerprint density at radius 2 is 1.29 bits per heavy atom. The van der Waals surface area contributed by atoms with Gasteiger partial charge >= 0.3 is 11.9 Å². The van der Waals surface area contributed by atoms with Crippen LogP contribution in [0.2, 0.25) is 0 Å². The highest BCUT2D eigenvalue weighted by Gasteiger charge is 2.41. The van der Waals surface area contributed by atoms with Gasteiger partial charge in [0.1, 0.15) is 11.6 Å². The minimum Gasteiger partial charge on any atom is -0.481 e. The number of carbonyl (C=O) groups excluding carboxylic acids is 2. The lowest BCUT2D eigenvalue weighted by Gasteiger charge is -2.17. The van der Waals surface area contributed by atoms with Crippen molar-refractivity contribution in [2.75, 3.05) is 11.5 Å². The molecule has 0 bridgehead atoms. The molecule has 4 atom stereocenters. The van der Waals surface area contributed by atoms with Gasteiger partial charge in [-0.05, 0) is 12.8 Å². The van der Waals surface area contributed by atoms with Crippen LogP contribution < -0.4 is 0 Å². The highest BCUT2D eigenvalue weighted by atomic mass is 32.2. The van der Waals surface area contributed by atoms with Crippen LogP contribution in [0.1, 0.15) is 25.7 Å². The molecule has 2 aliphatic carbocycles. The number of hydrogen-bond donors (Lipinski definition) is 2. The molecule has 116 valence electrons. The maximum absolute atomic E-state index is 11.7. The van der Waals surface area contributed by atoms with Crippen LogP contribution in [0.3, 0.4) is 0 Å². The first-order valence-electron chi connectivity index (χ1n) is 7.00. The fourth-order valence-corrected chi connectivity index (χ4v) is 4.63. The highest BCUT2D eigenvalue weighted by molar-refractivity contribution is 7.99. The maximum Gasteiger partial charge on any atom is 0.307 e. The second-order valence-corrected chi connectivity index (χ2v) is 6.72. The predicted octanol–water partition coefficient (Wildman–Crippen LogP) is 1.08. The number of hydrogen-bond acceptors (Lipinski definition) is 5. The second kappa shape index (κ2) is 6.60. The van der Waals surface area contributed by atoms with E-state index in [1.165, 1.54) is 11.8 Å². The zero-order chi connectivity index (χ0) is 15.6. The van der Waals surface area contributed by atoms with Crippen molar-refractivity contribution in [2.24, 2.45) is 23.7 Å². The first-order chi connectivity index (χ1) is 9.91. The molecule has 0 radical (unpaired) electrons. The minimum atomic E-state index is -0.952. The molecule has 21 heavy (non-hydrogen) atoms. The summed E-state index contributed by atoms with van der Waals surface area (Å²) in [7, 11) is 0. The van der Waals surface area contributed by atoms with Gasteiger partial charge in [0, 0.05) is 36.2 Å². The van der Waals surface area contributed by atoms with Crippen LogP contribution in [0.5, 0.6) is 0 Å². The molecule has 2 aliphatic rings. The topological polar surface area (TPSA) is 109 Å². The molecule has 0 aromatic heterocycles. The average molecular weight is 314 g/mol. The summed E-state index contributed by atoms with van der Waals surface area (Å²) in [6, 6.07) is 0. The van der Waals surface area contributed by atoms with Crippen LogP contribution in [0.25, 0.3) is 0 Å². The third-order valence-electron chi connectivity index (χ3n) is 4.43. The van der Waals surface area contributed by atoms with Crippen molar-refractivity contribution in [1.29, 1.82) is 0 Å². The van der Waals surface area contributed by atoms with Crippen molar-refractivity contribution in [3.63, 3.8) is 0 Å². The molecule has 0 aromatic rings. The zero-order valence-electron chi connectivity index (χ0n) is 11.5. The highest BCUT2D eigenvalue weighted by Crippen LogP contribution is 2.35. The summed E-state index contributed by atoms with van der Waals surface area (Å²) < 4.78 is 0. The summed E-state index contributed by atoms with van der Waals surface area (Å²) in [6.45, 7) is 0. The van der Waals surface area contributed by atoms with Crippen molar-refractivity contribution in [2.45, 2.75) is 25.7 Å². The number of ketones is 2. The zero-order valence-corrected chi connectivity index (χ0v) is 12.3. The number of carboxylic acid groups (broad SMARTS) is 2. The molecule has 2 saturated carbocycles. The monoisotopic (exact) mass is 314 g/mol. The van der Waals surface area contributed by atoms with E-state index >= 15 is 0 Å². The summed E-state index contributed by atoms with van der Waals surface area (Å²) in [5.74, 6) is -3.57. The van der Waals surface area contributed by atoms with Gasteiger partial charge in [0.25, 0.3) is 0 Å². The molecule has 2 rings (SSSR count). The molecule has 7 heteroatoms. The normalized spacial score (nSPS) is 32.6. The molecule has 0 spiro atoms. The van der Waals surface area contributed by atoms with Crippen molar-refractivity contribution >= 4 is 35.3 Å². The molecule has 2 N–H and O–H groups in total. The first-order valence-corrected chi connectivity index (χ1v) is 8.16. The molecule has 0 heterocycles. The fraction of sp³-hybridized carbons (Fsp3) is 0.714. The van der Waals surface area contributed by atoms with Gasteiger partial charge in [-0.15, -0.1) is 0 Å². The lowest BCUT2D eigenvalue weighted by molar-refractivity contribution is -0.144. The second-order valence-electron chi connectivity index (χ2n) is 5.65. The van der Waals surface area contributed by atoms with Gasteiger partial charge < -0.3 is 10.2 Å². The molecular weight excluding hydrogens is 296 g/mol. The Hall–Kier alpha value is -1.37. The Morgan fingerprint density at radius 1 is 0.905 bits per heavy atom. The van der Waals surface area contributed by atoms with Crippen molar-refractivity contribution in [1.82, 2.24) is 0 Å². The van der Waals surface area contributed by atoms with Gasteiger partial charge in [0.05, 0.1) is 11.8 Å². The lowest BCUT2D eigenvalue weighted by atomic mass is 9.97. The van der Waals surface area contributed by atoms with E-state index in [9.17, 15) is 19.2 Å². The van der Waals surface area contributed by atoms with E-state index < -0.39 is 35.6 Å². The third kappa shape index (κ3) is 3.45. The number of rotatable bonds is 6. The van der Waals surface area contributed by atoms with Crippen LogP contribution in [-0.4, -0.2) is 45.2 Å². The number of Topliss-reactive ketones (excluding diaryl/α,β-unsaturated/α-hetero) is 2. The first kappa shape index (κ1) is 16.0. The smallest absolute Gasteiger partial charge is 0.307 e. The molecular formula is C14H18O6S. The molecule has 4 unspecified atom stereocenters. The number of thioether (sulfide) groups is 1. The van der Waals surface area contributed by atoms with Crippen molar-refractivity contribution < 1.29 is 29.4 Å².